The van der Waals surface area contributed by atoms with Crippen LogP contribution >= 0.6 is 0 Å². The standard InChI is InChI=1S/C26H30O5/c1-25(2,30-5)20(17-21(27)18-13-9-7-10-14-18)22(24(29)26(3,4)31-6)23(28)19-15-11-8-12-16-19/h7-17,22H,1-6H3. The number of ketones is 3. The smallest absolute Gasteiger partial charge is 0.185 e. The van der Waals surface area contributed by atoms with Crippen molar-refractivity contribution in [2.75, 3.05) is 14.2 Å². The fourth-order valence-corrected chi connectivity index (χ4v) is 3.17. The first kappa shape index (κ1) is 24.4. The zero-order chi connectivity index (χ0) is 23.2. The summed E-state index contributed by atoms with van der Waals surface area (Å²) in [5, 5.41) is 0. The maximum atomic E-state index is 13.6. The van der Waals surface area contributed by atoms with Gasteiger partial charge in [0, 0.05) is 25.3 Å². The van der Waals surface area contributed by atoms with Crippen LogP contribution in [-0.4, -0.2) is 42.8 Å². The van der Waals surface area contributed by atoms with Crippen LogP contribution in [0, 0.1) is 5.92 Å². The molecule has 0 aliphatic carbocycles. The van der Waals surface area contributed by atoms with Crippen LogP contribution in [0.1, 0.15) is 48.4 Å². The molecule has 2 aromatic carbocycles. The van der Waals surface area contributed by atoms with Gasteiger partial charge in [-0.05, 0) is 39.3 Å². The van der Waals surface area contributed by atoms with Crippen molar-refractivity contribution in [2.24, 2.45) is 5.92 Å². The monoisotopic (exact) mass is 422 g/mol. The van der Waals surface area contributed by atoms with Crippen molar-refractivity contribution in [3.63, 3.8) is 0 Å². The molecule has 0 N–H and O–H groups in total. The Morgan fingerprint density at radius 1 is 0.742 bits per heavy atom. The number of rotatable bonds is 10. The van der Waals surface area contributed by atoms with E-state index >= 15 is 0 Å². The van der Waals surface area contributed by atoms with Gasteiger partial charge in [0.1, 0.15) is 11.5 Å². The van der Waals surface area contributed by atoms with E-state index in [2.05, 4.69) is 0 Å². The normalized spacial score (nSPS) is 13.5. The van der Waals surface area contributed by atoms with Gasteiger partial charge in [-0.3, -0.25) is 14.4 Å². The van der Waals surface area contributed by atoms with Gasteiger partial charge in [-0.25, -0.2) is 0 Å². The highest BCUT2D eigenvalue weighted by Crippen LogP contribution is 2.34. The summed E-state index contributed by atoms with van der Waals surface area (Å²) < 4.78 is 11.0. The molecule has 5 nitrogen and oxygen atoms in total. The Labute approximate surface area is 184 Å². The van der Waals surface area contributed by atoms with Crippen LogP contribution in [0.4, 0.5) is 0 Å². The Bertz CT molecular complexity index is 956. The molecule has 5 heteroatoms. The Balaban J connectivity index is 2.71. The van der Waals surface area contributed by atoms with Gasteiger partial charge in [-0.2, -0.15) is 0 Å². The molecule has 31 heavy (non-hydrogen) atoms. The molecule has 0 saturated heterocycles. The summed E-state index contributed by atoms with van der Waals surface area (Å²) in [5.41, 5.74) is -1.19. The molecule has 0 bridgehead atoms. The number of methoxy groups -OCH3 is 2. The lowest BCUT2D eigenvalue weighted by Crippen LogP contribution is -2.46. The first-order chi connectivity index (χ1) is 14.5. The van der Waals surface area contributed by atoms with Gasteiger partial charge in [-0.15, -0.1) is 0 Å². The van der Waals surface area contributed by atoms with E-state index in [9.17, 15) is 14.4 Å². The van der Waals surface area contributed by atoms with Crippen molar-refractivity contribution < 1.29 is 23.9 Å². The van der Waals surface area contributed by atoms with Gasteiger partial charge in [-0.1, -0.05) is 60.7 Å². The van der Waals surface area contributed by atoms with E-state index in [1.807, 2.05) is 6.07 Å². The van der Waals surface area contributed by atoms with Gasteiger partial charge in [0.2, 0.25) is 0 Å². The molecule has 2 aromatic rings. The number of Topliss-reactive ketones (excluding diaryl/α,β-unsaturated/α-hetero) is 2. The van der Waals surface area contributed by atoms with Crippen LogP contribution in [0.25, 0.3) is 0 Å². The Kier molecular flexibility index (Phi) is 7.82. The van der Waals surface area contributed by atoms with E-state index in [4.69, 9.17) is 9.47 Å². The lowest BCUT2D eigenvalue weighted by molar-refractivity contribution is -0.139. The lowest BCUT2D eigenvalue weighted by Gasteiger charge is -2.34. The summed E-state index contributed by atoms with van der Waals surface area (Å²) in [6, 6.07) is 17.3. The van der Waals surface area contributed by atoms with E-state index in [1.54, 1.807) is 82.3 Å². The molecule has 164 valence electrons. The third kappa shape index (κ3) is 5.63. The van der Waals surface area contributed by atoms with Crippen LogP contribution in [0.15, 0.2) is 72.3 Å². The highest BCUT2D eigenvalue weighted by Gasteiger charge is 2.44. The molecule has 2 rings (SSSR count). The highest BCUT2D eigenvalue weighted by atomic mass is 16.5. The molecule has 0 spiro atoms. The molecule has 0 radical (unpaired) electrons. The molecule has 0 heterocycles. The van der Waals surface area contributed by atoms with Crippen LogP contribution in [0.2, 0.25) is 0 Å². The molecular weight excluding hydrogens is 392 g/mol. The van der Waals surface area contributed by atoms with Crippen LogP contribution in [0.3, 0.4) is 0 Å². The average molecular weight is 423 g/mol. The minimum atomic E-state index is -1.25. The number of hydrogen-bond acceptors (Lipinski definition) is 5. The number of allylic oxidation sites excluding steroid dienone is 1. The number of hydrogen-bond donors (Lipinski definition) is 0. The second-order valence-electron chi connectivity index (χ2n) is 8.29. The van der Waals surface area contributed by atoms with Crippen LogP contribution in [0.5, 0.6) is 0 Å². The van der Waals surface area contributed by atoms with Crippen molar-refractivity contribution >= 4 is 17.3 Å². The fraction of sp³-hybridized carbons (Fsp3) is 0.346. The molecule has 0 aromatic heterocycles. The summed E-state index contributed by atoms with van der Waals surface area (Å²) in [6.07, 6.45) is 1.36. The number of carbonyl (C=O) groups excluding carboxylic acids is 3. The summed E-state index contributed by atoms with van der Waals surface area (Å²) in [4.78, 5) is 40.2. The van der Waals surface area contributed by atoms with Crippen molar-refractivity contribution in [2.45, 2.75) is 38.9 Å². The summed E-state index contributed by atoms with van der Waals surface area (Å²) >= 11 is 0. The summed E-state index contributed by atoms with van der Waals surface area (Å²) in [6.45, 7) is 6.68. The van der Waals surface area contributed by atoms with E-state index in [0.717, 1.165) is 0 Å². The van der Waals surface area contributed by atoms with E-state index < -0.39 is 28.7 Å². The number of carbonyl (C=O) groups is 3. The molecular formula is C26H30O5. The highest BCUT2D eigenvalue weighted by molar-refractivity contribution is 6.16. The molecule has 0 aliphatic rings. The molecule has 0 fully saturated rings. The zero-order valence-corrected chi connectivity index (χ0v) is 19.0. The maximum absolute atomic E-state index is 13.6. The topological polar surface area (TPSA) is 69.7 Å². The average Bonchev–Trinajstić information content (AvgIpc) is 2.79. The third-order valence-electron chi connectivity index (χ3n) is 5.55. The van der Waals surface area contributed by atoms with Gasteiger partial charge >= 0.3 is 0 Å². The van der Waals surface area contributed by atoms with E-state index in [-0.39, 0.29) is 11.4 Å². The Hall–Kier alpha value is -2.89. The van der Waals surface area contributed by atoms with Gasteiger partial charge in [0.25, 0.3) is 0 Å². The Morgan fingerprint density at radius 3 is 1.65 bits per heavy atom. The molecule has 1 atom stereocenters. The van der Waals surface area contributed by atoms with Gasteiger partial charge < -0.3 is 9.47 Å². The maximum Gasteiger partial charge on any atom is 0.185 e. The second-order valence-corrected chi connectivity index (χ2v) is 8.29. The van der Waals surface area contributed by atoms with Crippen molar-refractivity contribution in [3.05, 3.63) is 83.4 Å². The van der Waals surface area contributed by atoms with Crippen molar-refractivity contribution in [3.8, 4) is 0 Å². The third-order valence-corrected chi connectivity index (χ3v) is 5.55. The quantitative estimate of drug-likeness (QED) is 0.315. The number of benzene rings is 2. The van der Waals surface area contributed by atoms with Crippen LogP contribution in [-0.2, 0) is 14.3 Å². The van der Waals surface area contributed by atoms with E-state index in [1.165, 1.54) is 20.3 Å². The summed E-state index contributed by atoms with van der Waals surface area (Å²) in [5.74, 6) is -2.41. The predicted molar refractivity (Wildman–Crippen MR) is 120 cm³/mol. The van der Waals surface area contributed by atoms with Gasteiger partial charge in [0.05, 0.1) is 5.60 Å². The SMILES string of the molecule is COC(C)(C)C(=O)C(C(=O)c1ccccc1)C(=CC(=O)c1ccccc1)C(C)(C)OC. The molecule has 1 unspecified atom stereocenters. The van der Waals surface area contributed by atoms with E-state index in [0.29, 0.717) is 11.1 Å². The minimum Gasteiger partial charge on any atom is -0.374 e. The first-order valence-electron chi connectivity index (χ1n) is 10.1. The van der Waals surface area contributed by atoms with Crippen molar-refractivity contribution in [1.29, 1.82) is 0 Å². The zero-order valence-electron chi connectivity index (χ0n) is 19.0. The fourth-order valence-electron chi connectivity index (χ4n) is 3.17. The second kappa shape index (κ2) is 9.94. The van der Waals surface area contributed by atoms with Crippen LogP contribution < -0.4 is 0 Å². The van der Waals surface area contributed by atoms with Gasteiger partial charge in [0.15, 0.2) is 17.3 Å². The van der Waals surface area contributed by atoms with Crippen molar-refractivity contribution in [1.82, 2.24) is 0 Å². The molecule has 0 amide bonds. The largest absolute Gasteiger partial charge is 0.374 e. The minimum absolute atomic E-state index is 0.285. The first-order valence-corrected chi connectivity index (χ1v) is 10.1. The predicted octanol–water partition coefficient (Wildman–Crippen LogP) is 4.71. The molecule has 0 aliphatic heterocycles. The Morgan fingerprint density at radius 2 is 1.19 bits per heavy atom. The lowest BCUT2D eigenvalue weighted by atomic mass is 9.75. The molecule has 0 saturated carbocycles. The summed E-state index contributed by atoms with van der Waals surface area (Å²) in [7, 11) is 2.90. The number of ether oxygens (including phenoxy) is 2.